The molecule has 1 aromatic heterocycles. The number of anilines is 1. The van der Waals surface area contributed by atoms with Gasteiger partial charge >= 0.3 is 11.2 Å². The predicted octanol–water partition coefficient (Wildman–Crippen LogP) is 4.94. The second kappa shape index (κ2) is 5.90. The second-order valence-corrected chi connectivity index (χ2v) is 5.39. The van der Waals surface area contributed by atoms with Crippen molar-refractivity contribution in [2.45, 2.75) is 12.7 Å². The molecule has 112 valence electrons. The highest BCUT2D eigenvalue weighted by molar-refractivity contribution is 7.13. The first-order valence-electron chi connectivity index (χ1n) is 5.60. The average molecular weight is 337 g/mol. The number of nitrogens with zero attached hydrogens (tertiary/aromatic N) is 1. The van der Waals surface area contributed by atoms with Crippen LogP contribution in [0.4, 0.5) is 23.9 Å². The van der Waals surface area contributed by atoms with Gasteiger partial charge in [0, 0.05) is 18.0 Å². The summed E-state index contributed by atoms with van der Waals surface area (Å²) in [5.41, 5.74) is -0.0915. The van der Waals surface area contributed by atoms with E-state index < -0.39 is 16.7 Å². The van der Waals surface area contributed by atoms with Crippen molar-refractivity contribution in [3.8, 4) is 0 Å². The van der Waals surface area contributed by atoms with E-state index in [1.807, 2.05) is 0 Å². The van der Waals surface area contributed by atoms with E-state index in [1.165, 1.54) is 6.07 Å². The molecule has 4 nitrogen and oxygen atoms in total. The van der Waals surface area contributed by atoms with Gasteiger partial charge in [-0.3, -0.25) is 10.1 Å². The van der Waals surface area contributed by atoms with Crippen LogP contribution in [0.3, 0.4) is 0 Å². The lowest BCUT2D eigenvalue weighted by atomic mass is 10.2. The standard InChI is InChI=1S/C12H8ClF3N2O2S/c13-9-2-1-8(12(14,15)16)4-10(9)17-5-7-3-11(18(19)20)21-6-7/h1-4,6,17H,5H2. The van der Waals surface area contributed by atoms with Crippen molar-refractivity contribution in [1.29, 1.82) is 0 Å². The van der Waals surface area contributed by atoms with E-state index in [0.717, 1.165) is 29.5 Å². The van der Waals surface area contributed by atoms with Crippen molar-refractivity contribution in [1.82, 2.24) is 0 Å². The number of alkyl halides is 3. The Kier molecular flexibility index (Phi) is 4.38. The Balaban J connectivity index is 2.13. The van der Waals surface area contributed by atoms with Gasteiger partial charge in [0.15, 0.2) is 0 Å². The molecule has 1 aromatic carbocycles. The van der Waals surface area contributed by atoms with Crippen LogP contribution in [0, 0.1) is 10.1 Å². The monoisotopic (exact) mass is 336 g/mol. The highest BCUT2D eigenvalue weighted by Gasteiger charge is 2.30. The Labute approximate surface area is 126 Å². The van der Waals surface area contributed by atoms with Gasteiger partial charge in [0.25, 0.3) is 0 Å². The summed E-state index contributed by atoms with van der Waals surface area (Å²) in [5, 5.41) is 15.0. The van der Waals surface area contributed by atoms with Crippen molar-refractivity contribution in [3.05, 3.63) is 55.9 Å². The summed E-state index contributed by atoms with van der Waals surface area (Å²) in [4.78, 5) is 10.0. The molecule has 0 saturated carbocycles. The zero-order valence-electron chi connectivity index (χ0n) is 10.3. The molecule has 0 fully saturated rings. The van der Waals surface area contributed by atoms with Crippen LogP contribution < -0.4 is 5.32 Å². The number of halogens is 4. The van der Waals surface area contributed by atoms with E-state index in [-0.39, 0.29) is 22.3 Å². The molecular weight excluding hydrogens is 329 g/mol. The summed E-state index contributed by atoms with van der Waals surface area (Å²) >= 11 is 6.79. The third-order valence-electron chi connectivity index (χ3n) is 2.60. The Hall–Kier alpha value is -1.80. The molecule has 0 atom stereocenters. The third-order valence-corrected chi connectivity index (χ3v) is 3.86. The van der Waals surface area contributed by atoms with Crippen molar-refractivity contribution >= 4 is 33.6 Å². The van der Waals surface area contributed by atoms with Gasteiger partial charge in [-0.25, -0.2) is 0 Å². The maximum absolute atomic E-state index is 12.6. The molecule has 0 radical (unpaired) electrons. The smallest absolute Gasteiger partial charge is 0.380 e. The second-order valence-electron chi connectivity index (χ2n) is 4.10. The van der Waals surface area contributed by atoms with Crippen molar-refractivity contribution < 1.29 is 18.1 Å². The van der Waals surface area contributed by atoms with Crippen LogP contribution in [0.25, 0.3) is 0 Å². The van der Waals surface area contributed by atoms with Crippen LogP contribution in [-0.4, -0.2) is 4.92 Å². The fourth-order valence-electron chi connectivity index (χ4n) is 1.59. The lowest BCUT2D eigenvalue weighted by Gasteiger charge is -2.11. The summed E-state index contributed by atoms with van der Waals surface area (Å²) in [5.74, 6) is 0. The lowest BCUT2D eigenvalue weighted by Crippen LogP contribution is -2.06. The Bertz CT molecular complexity index is 673. The predicted molar refractivity (Wildman–Crippen MR) is 74.8 cm³/mol. The van der Waals surface area contributed by atoms with Gasteiger partial charge in [-0.15, -0.1) is 0 Å². The molecule has 0 aliphatic carbocycles. The maximum atomic E-state index is 12.6. The van der Waals surface area contributed by atoms with Crippen LogP contribution in [0.5, 0.6) is 0 Å². The molecule has 2 aromatic rings. The van der Waals surface area contributed by atoms with E-state index in [1.54, 1.807) is 5.38 Å². The zero-order valence-corrected chi connectivity index (χ0v) is 11.9. The van der Waals surface area contributed by atoms with Crippen LogP contribution in [0.2, 0.25) is 5.02 Å². The van der Waals surface area contributed by atoms with Gasteiger partial charge in [0.05, 0.1) is 21.2 Å². The SMILES string of the molecule is O=[N+]([O-])c1cc(CNc2cc(C(F)(F)F)ccc2Cl)cs1. The van der Waals surface area contributed by atoms with Crippen LogP contribution in [0.1, 0.15) is 11.1 Å². The Morgan fingerprint density at radius 2 is 2.05 bits per heavy atom. The topological polar surface area (TPSA) is 55.2 Å². The van der Waals surface area contributed by atoms with Gasteiger partial charge in [-0.1, -0.05) is 22.9 Å². The molecular formula is C12H8ClF3N2O2S. The average Bonchev–Trinajstić information content (AvgIpc) is 2.85. The summed E-state index contributed by atoms with van der Waals surface area (Å²) in [7, 11) is 0. The van der Waals surface area contributed by atoms with Gasteiger partial charge in [0.1, 0.15) is 0 Å². The normalized spacial score (nSPS) is 11.4. The molecule has 0 amide bonds. The minimum absolute atomic E-state index is 0.0260. The number of rotatable bonds is 4. The first kappa shape index (κ1) is 15.6. The maximum Gasteiger partial charge on any atom is 0.416 e. The molecule has 0 bridgehead atoms. The van der Waals surface area contributed by atoms with E-state index in [0.29, 0.717) is 5.56 Å². The van der Waals surface area contributed by atoms with Crippen LogP contribution >= 0.6 is 22.9 Å². The quantitative estimate of drug-likeness (QED) is 0.635. The molecule has 9 heteroatoms. The van der Waals surface area contributed by atoms with E-state index >= 15 is 0 Å². The summed E-state index contributed by atoms with van der Waals surface area (Å²) in [6.45, 7) is 0.144. The first-order valence-corrected chi connectivity index (χ1v) is 6.85. The van der Waals surface area contributed by atoms with Gasteiger partial charge in [0.2, 0.25) is 0 Å². The number of hydrogen-bond donors (Lipinski definition) is 1. The molecule has 0 unspecified atom stereocenters. The summed E-state index contributed by atoms with van der Waals surface area (Å²) in [6, 6.07) is 4.31. The number of nitrogens with one attached hydrogen (secondary N) is 1. The van der Waals surface area contributed by atoms with Gasteiger partial charge < -0.3 is 5.32 Å². The van der Waals surface area contributed by atoms with Crippen LogP contribution in [-0.2, 0) is 12.7 Å². The minimum atomic E-state index is -4.46. The van der Waals surface area contributed by atoms with E-state index in [2.05, 4.69) is 5.32 Å². The van der Waals surface area contributed by atoms with Crippen LogP contribution in [0.15, 0.2) is 29.6 Å². The van der Waals surface area contributed by atoms with Gasteiger partial charge in [-0.05, 0) is 23.8 Å². The fourth-order valence-corrected chi connectivity index (χ4v) is 2.50. The number of thiophene rings is 1. The largest absolute Gasteiger partial charge is 0.416 e. The lowest BCUT2D eigenvalue weighted by molar-refractivity contribution is -0.380. The zero-order chi connectivity index (χ0) is 15.6. The number of nitro groups is 1. The van der Waals surface area contributed by atoms with Crippen molar-refractivity contribution in [2.75, 3.05) is 5.32 Å². The highest BCUT2D eigenvalue weighted by Crippen LogP contribution is 2.34. The summed E-state index contributed by atoms with van der Waals surface area (Å²) < 4.78 is 37.8. The van der Waals surface area contributed by atoms with Gasteiger partial charge in [-0.2, -0.15) is 13.2 Å². The molecule has 0 spiro atoms. The molecule has 1 N–H and O–H groups in total. The highest BCUT2D eigenvalue weighted by atomic mass is 35.5. The van der Waals surface area contributed by atoms with E-state index in [9.17, 15) is 23.3 Å². The number of hydrogen-bond acceptors (Lipinski definition) is 4. The molecule has 2 rings (SSSR count). The van der Waals surface area contributed by atoms with Crippen molar-refractivity contribution in [3.63, 3.8) is 0 Å². The fraction of sp³-hybridized carbons (Fsp3) is 0.167. The molecule has 0 aliphatic rings. The Morgan fingerprint density at radius 3 is 2.62 bits per heavy atom. The Morgan fingerprint density at radius 1 is 1.33 bits per heavy atom. The molecule has 21 heavy (non-hydrogen) atoms. The van der Waals surface area contributed by atoms with Crippen molar-refractivity contribution in [2.24, 2.45) is 0 Å². The molecule has 0 aliphatic heterocycles. The van der Waals surface area contributed by atoms with E-state index in [4.69, 9.17) is 11.6 Å². The summed E-state index contributed by atoms with van der Waals surface area (Å²) in [6.07, 6.45) is -4.46. The number of benzene rings is 1. The first-order chi connectivity index (χ1) is 9.77. The molecule has 0 saturated heterocycles. The molecule has 1 heterocycles. The minimum Gasteiger partial charge on any atom is -0.380 e. The third kappa shape index (κ3) is 3.85.